The largest absolute Gasteiger partial charge is 0.289 e. The van der Waals surface area contributed by atoms with Crippen molar-refractivity contribution in [3.05, 3.63) is 102 Å². The molecule has 170 valence electrons. The van der Waals surface area contributed by atoms with Crippen LogP contribution in [0.4, 0.5) is 0 Å². The number of aryl methyl sites for hydroxylation is 1. The molecule has 1 nitrogen and oxygen atoms in total. The maximum absolute atomic E-state index is 11.9. The molecule has 2 aliphatic carbocycles. The second-order valence-corrected chi connectivity index (χ2v) is 9.59. The van der Waals surface area contributed by atoms with Gasteiger partial charge in [-0.25, -0.2) is 0 Å². The van der Waals surface area contributed by atoms with Gasteiger partial charge in [0.2, 0.25) is 0 Å². The molecule has 1 fully saturated rings. The number of allylic oxidation sites excluding steroid dienone is 6. The van der Waals surface area contributed by atoms with Crippen LogP contribution in [0.2, 0.25) is 0 Å². The molecule has 0 radical (unpaired) electrons. The molecule has 3 atom stereocenters. The molecule has 4 rings (SSSR count). The quantitative estimate of drug-likeness (QED) is 0.285. The first kappa shape index (κ1) is 23.2. The molecular formula is C32H36O. The molecule has 0 bridgehead atoms. The maximum Gasteiger partial charge on any atom is 0.184 e. The van der Waals surface area contributed by atoms with Crippen LogP contribution in [0.5, 0.6) is 0 Å². The molecule has 1 heteroatoms. The van der Waals surface area contributed by atoms with Crippen LogP contribution in [0.15, 0.2) is 91.1 Å². The minimum atomic E-state index is 0.0399. The number of hydrogen-bond acceptors (Lipinski definition) is 1. The van der Waals surface area contributed by atoms with Crippen molar-refractivity contribution < 1.29 is 4.79 Å². The van der Waals surface area contributed by atoms with Crippen molar-refractivity contribution in [3.63, 3.8) is 0 Å². The smallest absolute Gasteiger partial charge is 0.184 e. The van der Waals surface area contributed by atoms with Crippen molar-refractivity contribution in [1.82, 2.24) is 0 Å². The molecular weight excluding hydrogens is 400 g/mol. The molecule has 0 saturated heterocycles. The molecule has 3 unspecified atom stereocenters. The summed E-state index contributed by atoms with van der Waals surface area (Å²) in [5.74, 6) is 1.68. The first-order chi connectivity index (χ1) is 16.2. The van der Waals surface area contributed by atoms with Crippen LogP contribution in [0, 0.1) is 17.8 Å². The van der Waals surface area contributed by atoms with E-state index in [0.717, 1.165) is 18.4 Å². The van der Waals surface area contributed by atoms with Gasteiger partial charge in [-0.2, -0.15) is 0 Å². The van der Waals surface area contributed by atoms with Gasteiger partial charge in [-0.1, -0.05) is 105 Å². The van der Waals surface area contributed by atoms with Crippen LogP contribution in [0.3, 0.4) is 0 Å². The zero-order valence-corrected chi connectivity index (χ0v) is 19.9. The lowest BCUT2D eigenvalue weighted by atomic mass is 9.71. The Labute approximate surface area is 199 Å². The monoisotopic (exact) mass is 436 g/mol. The second kappa shape index (κ2) is 11.3. The maximum atomic E-state index is 11.9. The van der Waals surface area contributed by atoms with Gasteiger partial charge in [-0.15, -0.1) is 0 Å². The average Bonchev–Trinajstić information content (AvgIpc) is 2.87. The van der Waals surface area contributed by atoms with Gasteiger partial charge in [-0.05, 0) is 78.2 Å². The van der Waals surface area contributed by atoms with E-state index in [2.05, 4.69) is 86.3 Å². The highest BCUT2D eigenvalue weighted by Gasteiger charge is 2.29. The number of hydrogen-bond donors (Lipinski definition) is 0. The summed E-state index contributed by atoms with van der Waals surface area (Å²) >= 11 is 0. The third-order valence-corrected chi connectivity index (χ3v) is 7.21. The molecule has 0 N–H and O–H groups in total. The Bertz CT molecular complexity index is 1030. The Kier molecular flexibility index (Phi) is 7.94. The van der Waals surface area contributed by atoms with E-state index in [1.807, 2.05) is 6.08 Å². The minimum absolute atomic E-state index is 0.0399. The highest BCUT2D eigenvalue weighted by Crippen LogP contribution is 2.39. The summed E-state index contributed by atoms with van der Waals surface area (Å²) in [6, 6.07) is 18.0. The van der Waals surface area contributed by atoms with Crippen molar-refractivity contribution in [1.29, 1.82) is 0 Å². The lowest BCUT2D eigenvalue weighted by molar-refractivity contribution is -0.111. The summed E-state index contributed by atoms with van der Waals surface area (Å²) in [5.41, 5.74) is 6.07. The van der Waals surface area contributed by atoms with Gasteiger partial charge < -0.3 is 0 Å². The number of ketones is 1. The van der Waals surface area contributed by atoms with Gasteiger partial charge in [0.25, 0.3) is 0 Å². The molecule has 0 amide bonds. The van der Waals surface area contributed by atoms with Crippen molar-refractivity contribution in [2.24, 2.45) is 17.8 Å². The van der Waals surface area contributed by atoms with Gasteiger partial charge in [-0.3, -0.25) is 4.79 Å². The SMILES string of the molecule is C=CC(=O)C1=CC2CCC(C=Cc3ccc(-c4ccc(CCCCC)cc4)cc3)CC2C=C1. The van der Waals surface area contributed by atoms with Crippen LogP contribution in [0.25, 0.3) is 17.2 Å². The predicted molar refractivity (Wildman–Crippen MR) is 141 cm³/mol. The number of unbranched alkanes of at least 4 members (excludes halogenated alkanes) is 2. The molecule has 0 heterocycles. The van der Waals surface area contributed by atoms with Crippen LogP contribution in [-0.2, 0) is 11.2 Å². The van der Waals surface area contributed by atoms with Gasteiger partial charge >= 0.3 is 0 Å². The fourth-order valence-electron chi connectivity index (χ4n) is 5.14. The van der Waals surface area contributed by atoms with Crippen LogP contribution >= 0.6 is 0 Å². The second-order valence-electron chi connectivity index (χ2n) is 9.59. The molecule has 2 aromatic carbocycles. The van der Waals surface area contributed by atoms with Crippen molar-refractivity contribution in [2.75, 3.05) is 0 Å². The molecule has 2 aliphatic rings. The van der Waals surface area contributed by atoms with Gasteiger partial charge in [0.05, 0.1) is 0 Å². The van der Waals surface area contributed by atoms with E-state index in [1.165, 1.54) is 60.4 Å². The van der Waals surface area contributed by atoms with E-state index in [4.69, 9.17) is 0 Å². The summed E-state index contributed by atoms with van der Waals surface area (Å²) in [6.45, 7) is 5.86. The van der Waals surface area contributed by atoms with E-state index >= 15 is 0 Å². The lowest BCUT2D eigenvalue weighted by Gasteiger charge is -2.34. The van der Waals surface area contributed by atoms with Gasteiger partial charge in [0.15, 0.2) is 5.78 Å². The summed E-state index contributed by atoms with van der Waals surface area (Å²) in [6.07, 6.45) is 21.0. The highest BCUT2D eigenvalue weighted by atomic mass is 16.1. The van der Waals surface area contributed by atoms with Crippen LogP contribution in [0.1, 0.15) is 56.6 Å². The van der Waals surface area contributed by atoms with E-state index in [0.29, 0.717) is 17.8 Å². The molecule has 2 aromatic rings. The highest BCUT2D eigenvalue weighted by molar-refractivity contribution is 6.05. The third-order valence-electron chi connectivity index (χ3n) is 7.21. The van der Waals surface area contributed by atoms with E-state index in [-0.39, 0.29) is 5.78 Å². The summed E-state index contributed by atoms with van der Waals surface area (Å²) in [5, 5.41) is 0. The lowest BCUT2D eigenvalue weighted by Crippen LogP contribution is -2.24. The van der Waals surface area contributed by atoms with Gasteiger partial charge in [0, 0.05) is 5.57 Å². The molecule has 0 aliphatic heterocycles. The molecule has 0 spiro atoms. The fraction of sp³-hybridized carbons (Fsp3) is 0.344. The fourth-order valence-corrected chi connectivity index (χ4v) is 5.14. The molecule has 33 heavy (non-hydrogen) atoms. The Morgan fingerprint density at radius 3 is 2.39 bits per heavy atom. The zero-order chi connectivity index (χ0) is 23.0. The summed E-state index contributed by atoms with van der Waals surface area (Å²) in [7, 11) is 0. The molecule has 0 aromatic heterocycles. The van der Waals surface area contributed by atoms with E-state index in [1.54, 1.807) is 0 Å². The minimum Gasteiger partial charge on any atom is -0.289 e. The Morgan fingerprint density at radius 1 is 0.970 bits per heavy atom. The van der Waals surface area contributed by atoms with Gasteiger partial charge in [0.1, 0.15) is 0 Å². The first-order valence-corrected chi connectivity index (χ1v) is 12.6. The summed E-state index contributed by atoms with van der Waals surface area (Å²) in [4.78, 5) is 11.9. The predicted octanol–water partition coefficient (Wildman–Crippen LogP) is 8.38. The topological polar surface area (TPSA) is 17.1 Å². The van der Waals surface area contributed by atoms with E-state index < -0.39 is 0 Å². The standard InChI is InChI=1S/C32H36O/c1-3-5-6-7-24-10-15-27(16-11-24)28-17-12-25(13-18-28)8-9-26-14-19-30-23-31(32(33)4-2)21-20-29(30)22-26/h4,8-13,15-18,20-21,23,26,29-30H,2-3,5-7,14,19,22H2,1H3. The number of carbonyl (C=O) groups excluding carboxylic acids is 1. The Balaban J connectivity index is 1.32. The van der Waals surface area contributed by atoms with Crippen molar-refractivity contribution >= 4 is 11.9 Å². The van der Waals surface area contributed by atoms with Crippen molar-refractivity contribution in [2.45, 2.75) is 51.9 Å². The van der Waals surface area contributed by atoms with Crippen LogP contribution in [-0.4, -0.2) is 5.78 Å². The Hall–Kier alpha value is -2.93. The normalized spacial score (nSPS) is 22.1. The summed E-state index contributed by atoms with van der Waals surface area (Å²) < 4.78 is 0. The number of benzene rings is 2. The Morgan fingerprint density at radius 2 is 1.70 bits per heavy atom. The first-order valence-electron chi connectivity index (χ1n) is 12.6. The number of carbonyl (C=O) groups is 1. The van der Waals surface area contributed by atoms with E-state index in [9.17, 15) is 4.79 Å². The number of fused-ring (bicyclic) bond motifs is 1. The van der Waals surface area contributed by atoms with Crippen LogP contribution < -0.4 is 0 Å². The molecule has 1 saturated carbocycles. The van der Waals surface area contributed by atoms with Crippen molar-refractivity contribution in [3.8, 4) is 11.1 Å². The average molecular weight is 437 g/mol. The third kappa shape index (κ3) is 6.11. The number of rotatable bonds is 9. The zero-order valence-electron chi connectivity index (χ0n) is 19.9.